The first-order chi connectivity index (χ1) is 22.2. The zero-order valence-corrected chi connectivity index (χ0v) is 29.1. The number of hydrogen-bond acceptors (Lipinski definition) is 6. The maximum atomic E-state index is 14.2. The van der Waals surface area contributed by atoms with E-state index in [0.29, 0.717) is 11.3 Å². The van der Waals surface area contributed by atoms with E-state index in [2.05, 4.69) is 9.71 Å². The summed E-state index contributed by atoms with van der Waals surface area (Å²) in [5.41, 5.74) is 1.54. The molecule has 1 N–H and O–H groups in total. The first kappa shape index (κ1) is 33.3. The van der Waals surface area contributed by atoms with Crippen LogP contribution in [0.4, 0.5) is 15.8 Å². The number of rotatable bonds is 7. The van der Waals surface area contributed by atoms with Crippen LogP contribution >= 0.6 is 11.8 Å². The molecule has 3 aromatic carbocycles. The molecular weight excluding hydrogens is 662 g/mol. The average molecular weight is 700 g/mol. The third kappa shape index (κ3) is 6.22. The second-order valence-electron chi connectivity index (χ2n) is 12.7. The number of halogens is 1. The summed E-state index contributed by atoms with van der Waals surface area (Å²) in [6, 6.07) is 15.7. The van der Waals surface area contributed by atoms with Crippen molar-refractivity contribution in [1.82, 2.24) is 9.80 Å². The summed E-state index contributed by atoms with van der Waals surface area (Å²) in [5, 5.41) is 2.83. The van der Waals surface area contributed by atoms with Crippen molar-refractivity contribution in [2.24, 2.45) is 10.3 Å². The van der Waals surface area contributed by atoms with Crippen LogP contribution in [0.25, 0.3) is 0 Å². The van der Waals surface area contributed by atoms with Gasteiger partial charge in [-0.05, 0) is 109 Å². The number of carbonyl (C=O) groups is 1. The minimum atomic E-state index is -4.08. The average Bonchev–Trinajstić information content (AvgIpc) is 3.84. The number of anilines is 2. The number of hydrogen-bond donors (Lipinski definition) is 1. The monoisotopic (exact) mass is 699 g/mol. The lowest BCUT2D eigenvalue weighted by molar-refractivity contribution is 0.102. The summed E-state index contributed by atoms with van der Waals surface area (Å²) in [4.78, 5) is 16.8. The summed E-state index contributed by atoms with van der Waals surface area (Å²) >= 11 is 1.84. The molecular formula is C33H38FN5O5S3. The van der Waals surface area contributed by atoms with Gasteiger partial charge in [0.1, 0.15) is 5.82 Å². The zero-order valence-electron chi connectivity index (χ0n) is 26.7. The summed E-state index contributed by atoms with van der Waals surface area (Å²) in [6.45, 7) is 0. The van der Waals surface area contributed by atoms with Crippen molar-refractivity contribution in [3.63, 3.8) is 0 Å². The molecule has 14 heteroatoms. The molecule has 0 aromatic heterocycles. The molecule has 1 spiro atoms. The van der Waals surface area contributed by atoms with Crippen LogP contribution < -0.4 is 9.62 Å². The van der Waals surface area contributed by atoms with Gasteiger partial charge in [0.25, 0.3) is 26.0 Å². The smallest absolute Gasteiger partial charge is 0.285 e. The Morgan fingerprint density at radius 1 is 0.915 bits per heavy atom. The molecule has 6 rings (SSSR count). The van der Waals surface area contributed by atoms with Crippen molar-refractivity contribution in [1.29, 1.82) is 0 Å². The predicted molar refractivity (Wildman–Crippen MR) is 184 cm³/mol. The molecule has 1 aliphatic carbocycles. The third-order valence-electron chi connectivity index (χ3n) is 9.07. The van der Waals surface area contributed by atoms with E-state index in [1.165, 1.54) is 24.3 Å². The molecule has 3 aromatic rings. The van der Waals surface area contributed by atoms with Gasteiger partial charge in [-0.2, -0.15) is 20.2 Å². The van der Waals surface area contributed by atoms with E-state index in [4.69, 9.17) is 0 Å². The Morgan fingerprint density at radius 3 is 2.19 bits per heavy atom. The predicted octanol–water partition coefficient (Wildman–Crippen LogP) is 5.00. The highest BCUT2D eigenvalue weighted by molar-refractivity contribution is 7.99. The summed E-state index contributed by atoms with van der Waals surface area (Å²) in [5.74, 6) is 1.21. The lowest BCUT2D eigenvalue weighted by Gasteiger charge is -2.41. The Kier molecular flexibility index (Phi) is 8.81. The molecule has 2 fully saturated rings. The lowest BCUT2D eigenvalue weighted by Crippen LogP contribution is -2.50. The van der Waals surface area contributed by atoms with Crippen molar-refractivity contribution in [3.8, 4) is 0 Å². The highest BCUT2D eigenvalue weighted by Gasteiger charge is 2.59. The van der Waals surface area contributed by atoms with Crippen LogP contribution in [0.1, 0.15) is 41.6 Å². The van der Waals surface area contributed by atoms with Gasteiger partial charge in [0, 0.05) is 44.9 Å². The van der Waals surface area contributed by atoms with Crippen molar-refractivity contribution in [2.45, 2.75) is 46.9 Å². The van der Waals surface area contributed by atoms with Gasteiger partial charge in [0.15, 0.2) is 0 Å². The normalized spacial score (nSPS) is 18.8. The number of sulfonamides is 2. The Labute approximate surface area is 280 Å². The highest BCUT2D eigenvalue weighted by Crippen LogP contribution is 2.59. The number of benzene rings is 3. The van der Waals surface area contributed by atoms with E-state index in [1.807, 2.05) is 17.8 Å². The molecule has 3 aliphatic rings. The second kappa shape index (κ2) is 12.4. The molecule has 1 unspecified atom stereocenters. The van der Waals surface area contributed by atoms with Crippen LogP contribution in [0.15, 0.2) is 80.9 Å². The minimum Gasteiger partial charge on any atom is -0.348 e. The van der Waals surface area contributed by atoms with Gasteiger partial charge in [0.2, 0.25) is 5.96 Å². The van der Waals surface area contributed by atoms with Crippen LogP contribution in [0.2, 0.25) is 0 Å². The number of nitrogens with zero attached hydrogens (tertiary/aromatic N) is 4. The highest BCUT2D eigenvalue weighted by atomic mass is 32.2. The number of nitrogens with one attached hydrogen (secondary N) is 1. The van der Waals surface area contributed by atoms with Crippen molar-refractivity contribution in [2.75, 3.05) is 49.3 Å². The maximum absolute atomic E-state index is 14.2. The summed E-state index contributed by atoms with van der Waals surface area (Å²) in [6.07, 6.45) is 3.39. The number of amides is 1. The van der Waals surface area contributed by atoms with E-state index < -0.39 is 37.2 Å². The molecule has 2 heterocycles. The first-order valence-corrected chi connectivity index (χ1v) is 19.4. The molecule has 250 valence electrons. The number of thioether (sulfide) groups is 1. The van der Waals surface area contributed by atoms with Crippen LogP contribution in [0, 0.1) is 11.7 Å². The summed E-state index contributed by atoms with van der Waals surface area (Å²) in [7, 11) is -1.33. The van der Waals surface area contributed by atoms with Crippen molar-refractivity contribution < 1.29 is 26.0 Å². The van der Waals surface area contributed by atoms with Crippen LogP contribution in [0.5, 0.6) is 0 Å². The Morgan fingerprint density at radius 2 is 1.57 bits per heavy atom. The number of fused-ring (bicyclic) bond motifs is 2. The minimum absolute atomic E-state index is 0.0296. The largest absolute Gasteiger partial charge is 0.348 e. The standard InChI is InChI=1S/C33H38FN5O5S3/c1-37(2)32(38(3)4)36-46(41,42)27-7-5-6-25(21-27)35-31(40)23-10-15-29-28(20-23)33(16-18-45-19-17-33)30(22-8-9-22)39(29)47(43,44)26-13-11-24(34)12-14-26/h5-7,10-15,20-22,30H,8-9,16-19H2,1-4H3,(H,35,40). The van der Waals surface area contributed by atoms with E-state index >= 15 is 0 Å². The van der Waals surface area contributed by atoms with Gasteiger partial charge >= 0.3 is 0 Å². The van der Waals surface area contributed by atoms with Crippen LogP contribution in [-0.4, -0.2) is 84.2 Å². The van der Waals surface area contributed by atoms with Gasteiger partial charge in [-0.1, -0.05) is 6.07 Å². The van der Waals surface area contributed by atoms with E-state index in [1.54, 1.807) is 66.6 Å². The molecule has 1 saturated carbocycles. The fourth-order valence-corrected chi connectivity index (χ4v) is 11.0. The second-order valence-corrected chi connectivity index (χ2v) is 17.3. The SMILES string of the molecule is CN(C)C(=NS(=O)(=O)c1cccc(NC(=O)c2ccc3c(c2)C2(CCSCC2)C(C2CC2)N3S(=O)(=O)c2ccc(F)cc2)c1)N(C)C. The van der Waals surface area contributed by atoms with E-state index in [9.17, 15) is 26.0 Å². The third-order valence-corrected chi connectivity index (χ3v) is 13.1. The number of guanidine groups is 1. The molecule has 0 bridgehead atoms. The fraction of sp³-hybridized carbons (Fsp3) is 0.394. The molecule has 10 nitrogen and oxygen atoms in total. The number of carbonyl (C=O) groups excluding carboxylic acids is 1. The van der Waals surface area contributed by atoms with E-state index in [0.717, 1.165) is 54.9 Å². The zero-order chi connectivity index (χ0) is 33.7. The van der Waals surface area contributed by atoms with Gasteiger partial charge < -0.3 is 15.1 Å². The molecule has 1 amide bonds. The van der Waals surface area contributed by atoms with E-state index in [-0.39, 0.29) is 33.4 Å². The van der Waals surface area contributed by atoms with Gasteiger partial charge in [-0.25, -0.2) is 12.8 Å². The Bertz CT molecular complexity index is 1930. The van der Waals surface area contributed by atoms with Crippen molar-refractivity contribution >= 4 is 55.0 Å². The molecule has 1 saturated heterocycles. The lowest BCUT2D eigenvalue weighted by atomic mass is 9.70. The molecule has 2 aliphatic heterocycles. The quantitative estimate of drug-likeness (QED) is 0.271. The summed E-state index contributed by atoms with van der Waals surface area (Å²) < 4.78 is 74.1. The fourth-order valence-electron chi connectivity index (χ4n) is 6.82. The van der Waals surface area contributed by atoms with Gasteiger partial charge in [-0.15, -0.1) is 4.40 Å². The maximum Gasteiger partial charge on any atom is 0.285 e. The van der Waals surface area contributed by atoms with Crippen LogP contribution in [0.3, 0.4) is 0 Å². The topological polar surface area (TPSA) is 119 Å². The van der Waals surface area contributed by atoms with Gasteiger partial charge in [0.05, 0.1) is 21.5 Å². The van der Waals surface area contributed by atoms with Crippen LogP contribution in [-0.2, 0) is 25.5 Å². The molecule has 47 heavy (non-hydrogen) atoms. The van der Waals surface area contributed by atoms with Gasteiger partial charge in [-0.3, -0.25) is 9.10 Å². The molecule has 0 radical (unpaired) electrons. The Hall–Kier alpha value is -3.62. The molecule has 1 atom stereocenters. The first-order valence-electron chi connectivity index (χ1n) is 15.4. The van der Waals surface area contributed by atoms with Crippen molar-refractivity contribution in [3.05, 3.63) is 83.7 Å². The Balaban J connectivity index is 1.36.